The highest BCUT2D eigenvalue weighted by molar-refractivity contribution is 7.92. The van der Waals surface area contributed by atoms with E-state index in [1.807, 2.05) is 0 Å². The highest BCUT2D eigenvalue weighted by Crippen LogP contribution is 2.26. The molecule has 0 radical (unpaired) electrons. The second kappa shape index (κ2) is 4.85. The van der Waals surface area contributed by atoms with Crippen LogP contribution in [0, 0.1) is 5.82 Å². The van der Waals surface area contributed by atoms with Crippen molar-refractivity contribution < 1.29 is 12.8 Å². The minimum Gasteiger partial charge on any atom is -0.324 e. The summed E-state index contributed by atoms with van der Waals surface area (Å²) in [4.78, 5) is 0. The summed E-state index contributed by atoms with van der Waals surface area (Å²) in [6.45, 7) is 5.23. The van der Waals surface area contributed by atoms with E-state index in [1.165, 1.54) is 12.1 Å². The first-order valence-corrected chi connectivity index (χ1v) is 6.83. The van der Waals surface area contributed by atoms with Gasteiger partial charge in [-0.05, 0) is 24.6 Å². The lowest BCUT2D eigenvalue weighted by molar-refractivity contribution is 0.603. The Bertz CT molecular complexity index is 539. The zero-order valence-electron chi connectivity index (χ0n) is 9.70. The van der Waals surface area contributed by atoms with E-state index in [-0.39, 0.29) is 11.7 Å². The average molecular weight is 258 g/mol. The van der Waals surface area contributed by atoms with E-state index in [0.717, 1.165) is 6.26 Å². The molecule has 4 nitrogen and oxygen atoms in total. The second-order valence-electron chi connectivity index (χ2n) is 3.83. The van der Waals surface area contributed by atoms with Crippen molar-refractivity contribution in [3.63, 3.8) is 0 Å². The monoisotopic (exact) mass is 258 g/mol. The van der Waals surface area contributed by atoms with Gasteiger partial charge in [0.1, 0.15) is 5.82 Å². The van der Waals surface area contributed by atoms with Gasteiger partial charge in [0, 0.05) is 11.6 Å². The molecule has 0 aromatic heterocycles. The van der Waals surface area contributed by atoms with E-state index >= 15 is 0 Å². The van der Waals surface area contributed by atoms with Gasteiger partial charge >= 0.3 is 0 Å². The predicted octanol–water partition coefficient (Wildman–Crippen LogP) is 1.86. The Morgan fingerprint density at radius 3 is 2.53 bits per heavy atom. The lowest BCUT2D eigenvalue weighted by atomic mass is 10.0. The van der Waals surface area contributed by atoms with E-state index in [9.17, 15) is 12.8 Å². The number of nitrogens with one attached hydrogen (secondary N) is 1. The summed E-state index contributed by atoms with van der Waals surface area (Å²) in [7, 11) is -3.53. The lowest BCUT2D eigenvalue weighted by Crippen LogP contribution is -2.13. The number of hydrogen-bond donors (Lipinski definition) is 2. The van der Waals surface area contributed by atoms with E-state index in [2.05, 4.69) is 11.3 Å². The van der Waals surface area contributed by atoms with Gasteiger partial charge < -0.3 is 5.73 Å². The van der Waals surface area contributed by atoms with Gasteiger partial charge in [0.25, 0.3) is 0 Å². The molecule has 17 heavy (non-hydrogen) atoms. The fraction of sp³-hybridized carbons (Fsp3) is 0.273. The van der Waals surface area contributed by atoms with Crippen molar-refractivity contribution >= 4 is 21.8 Å². The maximum atomic E-state index is 13.8. The number of nitrogens with two attached hydrogens (primary N) is 1. The van der Waals surface area contributed by atoms with Gasteiger partial charge in [-0.25, -0.2) is 12.8 Å². The topological polar surface area (TPSA) is 72.2 Å². The summed E-state index contributed by atoms with van der Waals surface area (Å²) in [5.41, 5.74) is 6.48. The van der Waals surface area contributed by atoms with Crippen molar-refractivity contribution in [2.24, 2.45) is 5.73 Å². The molecule has 1 aromatic carbocycles. The van der Waals surface area contributed by atoms with Crippen LogP contribution in [0.5, 0.6) is 0 Å². The molecule has 0 heterocycles. The third-order valence-electron chi connectivity index (χ3n) is 2.18. The van der Waals surface area contributed by atoms with E-state index < -0.39 is 15.8 Å². The van der Waals surface area contributed by atoms with Crippen LogP contribution in [0.4, 0.5) is 10.1 Å². The van der Waals surface area contributed by atoms with Crippen LogP contribution in [-0.2, 0) is 10.0 Å². The van der Waals surface area contributed by atoms with Gasteiger partial charge in [-0.2, -0.15) is 0 Å². The maximum absolute atomic E-state index is 13.8. The van der Waals surface area contributed by atoms with Crippen molar-refractivity contribution in [3.8, 4) is 0 Å². The molecule has 1 rings (SSSR count). The van der Waals surface area contributed by atoms with Crippen LogP contribution in [0.25, 0.3) is 6.08 Å². The average Bonchev–Trinajstić information content (AvgIpc) is 2.18. The normalized spacial score (nSPS) is 13.2. The van der Waals surface area contributed by atoms with Crippen molar-refractivity contribution in [3.05, 3.63) is 35.7 Å². The first-order chi connectivity index (χ1) is 7.74. The minimum absolute atomic E-state index is 0.105. The van der Waals surface area contributed by atoms with Crippen LogP contribution < -0.4 is 10.5 Å². The summed E-state index contributed by atoms with van der Waals surface area (Å²) in [5.74, 6) is -0.667. The fourth-order valence-corrected chi connectivity index (χ4v) is 1.95. The van der Waals surface area contributed by atoms with Crippen LogP contribution in [0.2, 0.25) is 0 Å². The molecule has 3 N–H and O–H groups in total. The molecule has 6 heteroatoms. The van der Waals surface area contributed by atoms with E-state index in [1.54, 1.807) is 13.0 Å². The maximum Gasteiger partial charge on any atom is 0.229 e. The number of sulfonamides is 1. The quantitative estimate of drug-likeness (QED) is 0.865. The second-order valence-corrected chi connectivity index (χ2v) is 5.58. The lowest BCUT2D eigenvalue weighted by Gasteiger charge is -2.13. The molecule has 0 unspecified atom stereocenters. The number of halogens is 1. The molecule has 0 bridgehead atoms. The molecular formula is C11H15FN2O2S. The number of anilines is 1. The van der Waals surface area contributed by atoms with Gasteiger partial charge in [0.2, 0.25) is 10.0 Å². The molecule has 0 fully saturated rings. The molecule has 0 aliphatic rings. The zero-order chi connectivity index (χ0) is 13.2. The molecule has 0 aliphatic carbocycles. The standard InChI is InChI=1S/C11H15FN2O2S/c1-4-8-5-9(7(2)13)6-10(12)11(8)14-17(3,15)16/h4-7,14H,1,13H2,2-3H3/t7-/m1/s1. The molecule has 0 amide bonds. The summed E-state index contributed by atoms with van der Waals surface area (Å²) in [6.07, 6.45) is 2.33. The Balaban J connectivity index is 3.36. The van der Waals surface area contributed by atoms with Crippen LogP contribution in [-0.4, -0.2) is 14.7 Å². The summed E-state index contributed by atoms with van der Waals surface area (Å²) < 4.78 is 38.1. The third kappa shape index (κ3) is 3.54. The SMILES string of the molecule is C=Cc1cc([C@@H](C)N)cc(F)c1NS(C)(=O)=O. The Hall–Kier alpha value is -1.40. The molecule has 0 aliphatic heterocycles. The van der Waals surface area contributed by atoms with Gasteiger partial charge in [-0.3, -0.25) is 4.72 Å². The van der Waals surface area contributed by atoms with Crippen molar-refractivity contribution in [2.75, 3.05) is 11.0 Å². The highest BCUT2D eigenvalue weighted by atomic mass is 32.2. The van der Waals surface area contributed by atoms with Gasteiger partial charge in [-0.15, -0.1) is 0 Å². The first-order valence-electron chi connectivity index (χ1n) is 4.94. The molecule has 1 atom stereocenters. The first kappa shape index (κ1) is 13.7. The van der Waals surface area contributed by atoms with Gasteiger partial charge in [0.15, 0.2) is 0 Å². The number of rotatable bonds is 4. The predicted molar refractivity (Wildman–Crippen MR) is 67.6 cm³/mol. The minimum atomic E-state index is -3.53. The highest BCUT2D eigenvalue weighted by Gasteiger charge is 2.14. The van der Waals surface area contributed by atoms with Gasteiger partial charge in [0.05, 0.1) is 11.9 Å². The van der Waals surface area contributed by atoms with Gasteiger partial charge in [-0.1, -0.05) is 12.7 Å². The molecule has 1 aromatic rings. The molecule has 0 spiro atoms. The Morgan fingerprint density at radius 2 is 2.12 bits per heavy atom. The molecular weight excluding hydrogens is 243 g/mol. The Labute approximate surface area is 100 Å². The zero-order valence-corrected chi connectivity index (χ0v) is 10.5. The molecule has 0 saturated heterocycles. The van der Waals surface area contributed by atoms with Crippen molar-refractivity contribution in [1.29, 1.82) is 0 Å². The van der Waals surface area contributed by atoms with Crippen molar-refractivity contribution in [1.82, 2.24) is 0 Å². The number of hydrogen-bond acceptors (Lipinski definition) is 3. The Morgan fingerprint density at radius 1 is 1.53 bits per heavy atom. The summed E-state index contributed by atoms with van der Waals surface area (Å²) in [6, 6.07) is 2.48. The smallest absolute Gasteiger partial charge is 0.229 e. The van der Waals surface area contributed by atoms with Crippen LogP contribution >= 0.6 is 0 Å². The summed E-state index contributed by atoms with van der Waals surface area (Å²) in [5, 5.41) is 0. The Kier molecular flexibility index (Phi) is 3.90. The van der Waals surface area contributed by atoms with Crippen LogP contribution in [0.1, 0.15) is 24.1 Å². The van der Waals surface area contributed by atoms with E-state index in [0.29, 0.717) is 11.1 Å². The van der Waals surface area contributed by atoms with E-state index in [4.69, 9.17) is 5.73 Å². The molecule has 94 valence electrons. The van der Waals surface area contributed by atoms with Crippen molar-refractivity contribution in [2.45, 2.75) is 13.0 Å². The fourth-order valence-electron chi connectivity index (χ4n) is 1.37. The summed E-state index contributed by atoms with van der Waals surface area (Å²) >= 11 is 0. The van der Waals surface area contributed by atoms with Crippen LogP contribution in [0.15, 0.2) is 18.7 Å². The van der Waals surface area contributed by atoms with Crippen LogP contribution in [0.3, 0.4) is 0 Å². The largest absolute Gasteiger partial charge is 0.324 e. The third-order valence-corrected chi connectivity index (χ3v) is 2.75. The number of benzene rings is 1. The molecule has 0 saturated carbocycles.